The van der Waals surface area contributed by atoms with Crippen LogP contribution in [0.15, 0.2) is 75.7 Å². The van der Waals surface area contributed by atoms with E-state index in [1.54, 1.807) is 18.4 Å². The molecule has 5 rings (SSSR count). The zero-order valence-electron chi connectivity index (χ0n) is 18.6. The van der Waals surface area contributed by atoms with Gasteiger partial charge in [-0.25, -0.2) is 9.79 Å². The van der Waals surface area contributed by atoms with E-state index in [0.717, 1.165) is 27.7 Å². The zero-order chi connectivity index (χ0) is 23.1. The summed E-state index contributed by atoms with van der Waals surface area (Å²) in [6, 6.07) is 17.0. The number of hydrogen-bond donors (Lipinski definition) is 1. The molecule has 0 saturated carbocycles. The number of aromatic amines is 1. The fourth-order valence-electron chi connectivity index (χ4n) is 4.36. The van der Waals surface area contributed by atoms with Gasteiger partial charge in [0.2, 0.25) is 0 Å². The molecule has 2 aromatic carbocycles. The van der Waals surface area contributed by atoms with Gasteiger partial charge in [-0.15, -0.1) is 0 Å². The molecule has 1 aliphatic rings. The Bertz CT molecular complexity index is 1590. The van der Waals surface area contributed by atoms with E-state index in [-0.39, 0.29) is 12.2 Å². The van der Waals surface area contributed by atoms with Gasteiger partial charge in [-0.1, -0.05) is 59.9 Å². The lowest BCUT2D eigenvalue weighted by Gasteiger charge is -2.24. The highest BCUT2D eigenvalue weighted by Crippen LogP contribution is 2.30. The van der Waals surface area contributed by atoms with Gasteiger partial charge in [0.05, 0.1) is 28.5 Å². The van der Waals surface area contributed by atoms with Gasteiger partial charge in [0.1, 0.15) is 0 Å². The lowest BCUT2D eigenvalue weighted by molar-refractivity contribution is -0.139. The quantitative estimate of drug-likeness (QED) is 0.476. The molecule has 0 bridgehead atoms. The number of ether oxygens (including phenoxy) is 1. The molecule has 6 nitrogen and oxygen atoms in total. The summed E-state index contributed by atoms with van der Waals surface area (Å²) >= 11 is 1.33. The van der Waals surface area contributed by atoms with Crippen molar-refractivity contribution in [2.45, 2.75) is 26.8 Å². The Balaban J connectivity index is 1.76. The fraction of sp³-hybridized carbons (Fsp3) is 0.192. The summed E-state index contributed by atoms with van der Waals surface area (Å²) in [4.78, 5) is 35.2. The molecule has 3 heterocycles. The number of para-hydroxylation sites is 1. The number of allylic oxidation sites excluding steroid dienone is 1. The van der Waals surface area contributed by atoms with Crippen molar-refractivity contribution in [3.8, 4) is 0 Å². The summed E-state index contributed by atoms with van der Waals surface area (Å²) in [7, 11) is 0. The van der Waals surface area contributed by atoms with Crippen LogP contribution in [0.25, 0.3) is 17.0 Å². The molecule has 0 amide bonds. The summed E-state index contributed by atoms with van der Waals surface area (Å²) in [5.74, 6) is -0.450. The molecule has 0 spiro atoms. The van der Waals surface area contributed by atoms with E-state index in [9.17, 15) is 9.59 Å². The number of H-pyrrole nitrogens is 1. The van der Waals surface area contributed by atoms with Crippen LogP contribution in [0.4, 0.5) is 0 Å². The van der Waals surface area contributed by atoms with Crippen molar-refractivity contribution in [3.63, 3.8) is 0 Å². The number of fused-ring (bicyclic) bond motifs is 2. The Labute approximate surface area is 194 Å². The van der Waals surface area contributed by atoms with Crippen molar-refractivity contribution in [3.05, 3.63) is 102 Å². The number of carbonyl (C=O) groups excluding carboxylic acids is 1. The van der Waals surface area contributed by atoms with Gasteiger partial charge >= 0.3 is 5.97 Å². The largest absolute Gasteiger partial charge is 0.463 e. The van der Waals surface area contributed by atoms with E-state index in [4.69, 9.17) is 4.74 Å². The minimum atomic E-state index is -0.590. The highest BCUT2D eigenvalue weighted by atomic mass is 32.1. The highest BCUT2D eigenvalue weighted by molar-refractivity contribution is 7.07. The second-order valence-electron chi connectivity index (χ2n) is 7.92. The normalized spacial score (nSPS) is 16.1. The van der Waals surface area contributed by atoms with Gasteiger partial charge in [0.25, 0.3) is 5.56 Å². The predicted molar refractivity (Wildman–Crippen MR) is 130 cm³/mol. The summed E-state index contributed by atoms with van der Waals surface area (Å²) in [6.07, 6.45) is 1.92. The van der Waals surface area contributed by atoms with E-state index in [1.807, 2.05) is 67.6 Å². The van der Waals surface area contributed by atoms with Crippen LogP contribution in [0.2, 0.25) is 0 Å². The molecule has 0 fully saturated rings. The van der Waals surface area contributed by atoms with Crippen LogP contribution in [-0.4, -0.2) is 22.1 Å². The van der Waals surface area contributed by atoms with Crippen molar-refractivity contribution in [1.82, 2.24) is 9.55 Å². The van der Waals surface area contributed by atoms with E-state index in [1.165, 1.54) is 11.3 Å². The molecule has 166 valence electrons. The minimum Gasteiger partial charge on any atom is -0.463 e. The molecule has 4 aromatic rings. The number of rotatable bonds is 4. The Morgan fingerprint density at radius 2 is 1.88 bits per heavy atom. The molecule has 1 atom stereocenters. The summed E-state index contributed by atoms with van der Waals surface area (Å²) in [5, 5.41) is 1.06. The average Bonchev–Trinajstić information content (AvgIpc) is 3.29. The number of nitrogens with one attached hydrogen (secondary N) is 1. The van der Waals surface area contributed by atoms with Gasteiger partial charge < -0.3 is 9.72 Å². The summed E-state index contributed by atoms with van der Waals surface area (Å²) in [5.41, 5.74) is 4.62. The SMILES string of the molecule is CCOC(=O)C1=C(C)N=c2s/c(=C\c3c(C)[nH]c4ccccc34)c(=O)n2[C@H]1c1ccccc1. The number of thiazole rings is 1. The molecule has 2 aromatic heterocycles. The van der Waals surface area contributed by atoms with Crippen LogP contribution in [0.3, 0.4) is 0 Å². The Kier molecular flexibility index (Phi) is 5.34. The van der Waals surface area contributed by atoms with Crippen molar-refractivity contribution >= 4 is 34.3 Å². The maximum atomic E-state index is 13.7. The number of aromatic nitrogens is 2. The topological polar surface area (TPSA) is 76.4 Å². The Morgan fingerprint density at radius 1 is 1.15 bits per heavy atom. The third kappa shape index (κ3) is 3.54. The molecular formula is C26H23N3O3S. The number of carbonyl (C=O) groups is 1. The zero-order valence-corrected chi connectivity index (χ0v) is 19.4. The maximum Gasteiger partial charge on any atom is 0.338 e. The third-order valence-corrected chi connectivity index (χ3v) is 6.83. The number of aryl methyl sites for hydroxylation is 1. The molecule has 0 unspecified atom stereocenters. The molecule has 33 heavy (non-hydrogen) atoms. The first-order valence-electron chi connectivity index (χ1n) is 10.8. The van der Waals surface area contributed by atoms with Crippen molar-refractivity contribution in [1.29, 1.82) is 0 Å². The lowest BCUT2D eigenvalue weighted by Crippen LogP contribution is -2.39. The van der Waals surface area contributed by atoms with Crippen LogP contribution >= 0.6 is 11.3 Å². The second kappa shape index (κ2) is 8.33. The van der Waals surface area contributed by atoms with Crippen LogP contribution in [0, 0.1) is 6.92 Å². The first-order chi connectivity index (χ1) is 16.0. The van der Waals surface area contributed by atoms with Crippen molar-refractivity contribution in [2.75, 3.05) is 6.61 Å². The van der Waals surface area contributed by atoms with Crippen molar-refractivity contribution < 1.29 is 9.53 Å². The number of nitrogens with zero attached hydrogens (tertiary/aromatic N) is 2. The van der Waals surface area contributed by atoms with Gasteiger partial charge in [-0.2, -0.15) is 0 Å². The molecule has 0 radical (unpaired) electrons. The number of benzene rings is 2. The van der Waals surface area contributed by atoms with E-state index < -0.39 is 12.0 Å². The summed E-state index contributed by atoms with van der Waals surface area (Å²) < 4.78 is 7.52. The molecular weight excluding hydrogens is 434 g/mol. The van der Waals surface area contributed by atoms with Gasteiger partial charge in [0, 0.05) is 22.2 Å². The Morgan fingerprint density at radius 3 is 2.64 bits per heavy atom. The second-order valence-corrected chi connectivity index (χ2v) is 8.93. The maximum absolute atomic E-state index is 13.7. The molecule has 0 saturated heterocycles. The molecule has 1 N–H and O–H groups in total. The average molecular weight is 458 g/mol. The van der Waals surface area contributed by atoms with Crippen LogP contribution in [0.1, 0.15) is 36.7 Å². The molecule has 0 aliphatic carbocycles. The molecule has 1 aliphatic heterocycles. The van der Waals surface area contributed by atoms with Crippen LogP contribution in [0.5, 0.6) is 0 Å². The van der Waals surface area contributed by atoms with Crippen LogP contribution in [-0.2, 0) is 9.53 Å². The Hall–Kier alpha value is -3.71. The van der Waals surface area contributed by atoms with Crippen molar-refractivity contribution in [2.24, 2.45) is 4.99 Å². The minimum absolute atomic E-state index is 0.174. The van der Waals surface area contributed by atoms with Gasteiger partial charge in [-0.3, -0.25) is 9.36 Å². The standard InChI is InChI=1S/C26H23N3O3S/c1-4-32-25(31)22-16(3)28-26-29(23(22)17-10-6-5-7-11-17)24(30)21(33-26)14-19-15(2)27-20-13-9-8-12-18(19)20/h5-14,23,27H,4H2,1-3H3/b21-14-/t23-/m0/s1. The fourth-order valence-corrected chi connectivity index (χ4v) is 5.39. The first-order valence-corrected chi connectivity index (χ1v) is 11.6. The molecule has 7 heteroatoms. The monoisotopic (exact) mass is 457 g/mol. The number of hydrogen-bond acceptors (Lipinski definition) is 5. The summed E-state index contributed by atoms with van der Waals surface area (Å²) in [6.45, 7) is 5.81. The van der Waals surface area contributed by atoms with Crippen LogP contribution < -0.4 is 14.9 Å². The predicted octanol–water partition coefficient (Wildman–Crippen LogP) is 3.59. The van der Waals surface area contributed by atoms with E-state index in [2.05, 4.69) is 9.98 Å². The third-order valence-electron chi connectivity index (χ3n) is 5.85. The number of esters is 1. The lowest BCUT2D eigenvalue weighted by atomic mass is 9.96. The van der Waals surface area contributed by atoms with E-state index in [0.29, 0.717) is 20.6 Å². The highest BCUT2D eigenvalue weighted by Gasteiger charge is 2.33. The first kappa shape index (κ1) is 21.2. The van der Waals surface area contributed by atoms with E-state index >= 15 is 0 Å². The van der Waals surface area contributed by atoms with Gasteiger partial charge in [-0.05, 0) is 38.5 Å². The smallest absolute Gasteiger partial charge is 0.338 e. The van der Waals surface area contributed by atoms with Gasteiger partial charge in [0.15, 0.2) is 4.80 Å².